The van der Waals surface area contributed by atoms with Crippen molar-refractivity contribution in [1.82, 2.24) is 10.0 Å². The van der Waals surface area contributed by atoms with Gasteiger partial charge in [-0.05, 0) is 88.3 Å². The normalized spacial score (nSPS) is 13.5. The number of Topliss-reactive ketones (excluding diaryl/α,β-unsaturated/α-hetero) is 1. The predicted molar refractivity (Wildman–Crippen MR) is 155 cm³/mol. The number of carbonyl (C=O) groups excluding carboxylic acids is 4. The summed E-state index contributed by atoms with van der Waals surface area (Å²) in [7, 11) is 0. The van der Waals surface area contributed by atoms with Crippen molar-refractivity contribution in [2.75, 3.05) is 0 Å². The summed E-state index contributed by atoms with van der Waals surface area (Å²) in [4.78, 5) is 55.2. The van der Waals surface area contributed by atoms with Crippen molar-refractivity contribution in [2.45, 2.75) is 19.4 Å². The number of fused-ring (bicyclic) bond motifs is 1. The van der Waals surface area contributed by atoms with Gasteiger partial charge in [0.05, 0.1) is 21.2 Å². The van der Waals surface area contributed by atoms with Gasteiger partial charge in [-0.15, -0.1) is 0 Å². The average Bonchev–Trinajstić information content (AvgIpc) is 3.15. The number of nitrogens with zero attached hydrogens (tertiary/aromatic N) is 2. The molecule has 37 heavy (non-hydrogen) atoms. The highest BCUT2D eigenvalue weighted by Crippen LogP contribution is 2.46. The zero-order chi connectivity index (χ0) is 27.2. The van der Waals surface area contributed by atoms with Crippen LogP contribution in [0.4, 0.5) is 0 Å². The van der Waals surface area contributed by atoms with Gasteiger partial charge in [0.1, 0.15) is 6.04 Å². The van der Waals surface area contributed by atoms with Gasteiger partial charge in [-0.3, -0.25) is 19.2 Å². The summed E-state index contributed by atoms with van der Waals surface area (Å²) in [5.41, 5.74) is 0.457. The fourth-order valence-electron chi connectivity index (χ4n) is 3.93. The Morgan fingerprint density at radius 1 is 0.811 bits per heavy atom. The molecule has 0 radical (unpaired) electrons. The molecule has 0 fully saturated rings. The molecule has 3 amide bonds. The summed E-state index contributed by atoms with van der Waals surface area (Å²) in [6.07, 6.45) is 0.115. The molecule has 12 heteroatoms. The van der Waals surface area contributed by atoms with Gasteiger partial charge in [-0.1, -0.05) is 60.5 Å². The van der Waals surface area contributed by atoms with E-state index < -0.39 is 29.5 Å². The number of ketones is 1. The molecule has 190 valence electrons. The summed E-state index contributed by atoms with van der Waals surface area (Å²) in [5.74, 6) is -2.75. The number of rotatable bonds is 6. The van der Waals surface area contributed by atoms with Crippen LogP contribution in [0, 0.1) is 0 Å². The minimum absolute atomic E-state index is 0.0425. The van der Waals surface area contributed by atoms with E-state index in [1.165, 1.54) is 18.2 Å². The Morgan fingerprint density at radius 2 is 1.35 bits per heavy atom. The molecule has 0 aliphatic carbocycles. The first-order valence-corrected chi connectivity index (χ1v) is 14.6. The molecule has 0 bridgehead atoms. The van der Waals surface area contributed by atoms with Crippen molar-refractivity contribution in [3.8, 4) is 0 Å². The van der Waals surface area contributed by atoms with Crippen LogP contribution in [0.15, 0.2) is 66.4 Å². The largest absolute Gasteiger partial charge is 0.292 e. The Hall–Kier alpha value is -1.56. The number of carbonyl (C=O) groups is 4. The van der Waals surface area contributed by atoms with Crippen molar-refractivity contribution >= 4 is 110 Å². The highest BCUT2D eigenvalue weighted by atomic mass is 79.9. The maximum Gasteiger partial charge on any atom is 0.282 e. The number of imide groups is 1. The van der Waals surface area contributed by atoms with E-state index >= 15 is 0 Å². The van der Waals surface area contributed by atoms with E-state index in [1.807, 2.05) is 0 Å². The second-order valence-electron chi connectivity index (χ2n) is 7.86. The molecule has 3 aromatic carbocycles. The lowest BCUT2D eigenvalue weighted by Gasteiger charge is -2.35. The highest BCUT2D eigenvalue weighted by molar-refractivity contribution is 9.15. The van der Waals surface area contributed by atoms with E-state index in [2.05, 4.69) is 63.7 Å². The van der Waals surface area contributed by atoms with E-state index in [0.717, 1.165) is 10.0 Å². The number of benzene rings is 3. The Kier molecular flexibility index (Phi) is 8.67. The summed E-state index contributed by atoms with van der Waals surface area (Å²) >= 11 is 25.8. The van der Waals surface area contributed by atoms with Gasteiger partial charge >= 0.3 is 0 Å². The topological polar surface area (TPSA) is 74.8 Å². The van der Waals surface area contributed by atoms with Gasteiger partial charge in [-0.25, -0.2) is 5.01 Å². The van der Waals surface area contributed by atoms with Gasteiger partial charge in [0.2, 0.25) is 0 Å². The van der Waals surface area contributed by atoms with Crippen LogP contribution in [0.2, 0.25) is 10.0 Å². The fourth-order valence-corrected chi connectivity index (χ4v) is 6.69. The Balaban J connectivity index is 1.92. The molecule has 1 atom stereocenters. The van der Waals surface area contributed by atoms with Crippen molar-refractivity contribution in [3.63, 3.8) is 0 Å². The summed E-state index contributed by atoms with van der Waals surface area (Å²) < 4.78 is 1.64. The molecule has 0 saturated heterocycles. The molecule has 1 aliphatic heterocycles. The maximum absolute atomic E-state index is 14.0. The third kappa shape index (κ3) is 4.96. The first kappa shape index (κ1) is 28.4. The van der Waals surface area contributed by atoms with Crippen LogP contribution in [0.3, 0.4) is 0 Å². The van der Waals surface area contributed by atoms with Crippen molar-refractivity contribution in [3.05, 3.63) is 98.7 Å². The SMILES string of the molecule is CC[C@@H](C(=O)c1ccccc1)N(C(=O)c1ccc(Cl)c(Cl)c1)N1C(=O)c2c(Br)c(Br)c(Br)c(Br)c2C1=O. The summed E-state index contributed by atoms with van der Waals surface area (Å²) in [6, 6.07) is 11.3. The van der Waals surface area contributed by atoms with Crippen molar-refractivity contribution < 1.29 is 19.2 Å². The summed E-state index contributed by atoms with van der Waals surface area (Å²) in [5, 5.41) is 1.97. The van der Waals surface area contributed by atoms with Gasteiger partial charge in [0, 0.05) is 29.0 Å². The molecule has 0 unspecified atom stereocenters. The zero-order valence-electron chi connectivity index (χ0n) is 18.7. The quantitative estimate of drug-likeness (QED) is 0.109. The van der Waals surface area contributed by atoms with Crippen LogP contribution in [-0.2, 0) is 0 Å². The van der Waals surface area contributed by atoms with Gasteiger partial charge in [-0.2, -0.15) is 5.01 Å². The smallest absolute Gasteiger partial charge is 0.282 e. The number of hydrogen-bond donors (Lipinski definition) is 0. The van der Waals surface area contributed by atoms with E-state index in [1.54, 1.807) is 37.3 Å². The maximum atomic E-state index is 14.0. The second kappa shape index (κ2) is 11.3. The van der Waals surface area contributed by atoms with E-state index in [-0.39, 0.29) is 33.2 Å². The molecule has 1 heterocycles. The van der Waals surface area contributed by atoms with Crippen LogP contribution in [0.1, 0.15) is 54.8 Å². The lowest BCUT2D eigenvalue weighted by molar-refractivity contribution is -0.00975. The Bertz CT molecular complexity index is 1440. The first-order chi connectivity index (χ1) is 17.5. The van der Waals surface area contributed by atoms with Crippen LogP contribution in [0.5, 0.6) is 0 Å². The molecule has 4 rings (SSSR count). The second-order valence-corrected chi connectivity index (χ2v) is 11.8. The lowest BCUT2D eigenvalue weighted by Crippen LogP contribution is -2.57. The minimum Gasteiger partial charge on any atom is -0.292 e. The Labute approximate surface area is 255 Å². The standard InChI is InChI=1S/C25H14Br4Cl2N2O4/c1-2-15(22(34)11-6-4-3-5-7-11)32(23(35)12-8-9-13(30)14(31)10-12)33-24(36)16-17(25(33)37)19(27)21(29)20(28)18(16)26/h3-10,15H,2H2,1H3/t15-/m0/s1. The molecule has 0 saturated carbocycles. The van der Waals surface area contributed by atoms with Crippen LogP contribution >= 0.6 is 86.9 Å². The molecule has 0 spiro atoms. The highest BCUT2D eigenvalue weighted by Gasteiger charge is 2.48. The van der Waals surface area contributed by atoms with E-state index in [9.17, 15) is 19.2 Å². The molecular weight excluding hydrogens is 783 g/mol. The molecule has 0 aromatic heterocycles. The summed E-state index contributed by atoms with van der Waals surface area (Å²) in [6.45, 7) is 1.69. The van der Waals surface area contributed by atoms with E-state index in [4.69, 9.17) is 23.2 Å². The Morgan fingerprint density at radius 3 is 1.84 bits per heavy atom. The third-order valence-electron chi connectivity index (χ3n) is 5.71. The number of hydrogen-bond acceptors (Lipinski definition) is 4. The van der Waals surface area contributed by atoms with Crippen molar-refractivity contribution in [2.24, 2.45) is 0 Å². The number of hydrazine groups is 1. The molecule has 0 N–H and O–H groups in total. The minimum atomic E-state index is -1.18. The van der Waals surface area contributed by atoms with E-state index in [0.29, 0.717) is 23.5 Å². The predicted octanol–water partition coefficient (Wildman–Crippen LogP) is 8.36. The van der Waals surface area contributed by atoms with Gasteiger partial charge in [0.15, 0.2) is 5.78 Å². The van der Waals surface area contributed by atoms with Gasteiger partial charge in [0.25, 0.3) is 17.7 Å². The van der Waals surface area contributed by atoms with Crippen LogP contribution in [-0.4, -0.2) is 39.6 Å². The van der Waals surface area contributed by atoms with Crippen molar-refractivity contribution in [1.29, 1.82) is 0 Å². The first-order valence-electron chi connectivity index (χ1n) is 10.6. The fraction of sp³-hybridized carbons (Fsp3) is 0.120. The average molecular weight is 797 g/mol. The van der Waals surface area contributed by atoms with Gasteiger partial charge < -0.3 is 0 Å². The molecular formula is C25H14Br4Cl2N2O4. The molecule has 6 nitrogen and oxygen atoms in total. The zero-order valence-corrected chi connectivity index (χ0v) is 26.6. The number of amides is 3. The van der Waals surface area contributed by atoms with Crippen LogP contribution in [0.25, 0.3) is 0 Å². The lowest BCUT2D eigenvalue weighted by atomic mass is 10.0. The monoisotopic (exact) mass is 792 g/mol. The van der Waals surface area contributed by atoms with Crippen LogP contribution < -0.4 is 0 Å². The molecule has 3 aromatic rings. The third-order valence-corrected chi connectivity index (χ3v) is 11.2. The number of halogens is 6. The molecule has 1 aliphatic rings.